The molecule has 1 nitrogen and oxygen atoms in total. The van der Waals surface area contributed by atoms with Crippen LogP contribution in [-0.2, 0) is 4.74 Å². The molecule has 0 N–H and O–H groups in total. The lowest BCUT2D eigenvalue weighted by Crippen LogP contribution is -2.02. The molecule has 0 saturated carbocycles. The summed E-state index contributed by atoms with van der Waals surface area (Å²) < 4.78 is 43.8. The van der Waals surface area contributed by atoms with Crippen molar-refractivity contribution in [2.24, 2.45) is 0 Å². The van der Waals surface area contributed by atoms with E-state index >= 15 is 0 Å². The van der Waals surface area contributed by atoms with Gasteiger partial charge in [-0.25, -0.2) is 0 Å². The number of hydrogen-bond acceptors (Lipinski definition) is 1. The summed E-state index contributed by atoms with van der Waals surface area (Å²) in [7, 11) is -6.00. The lowest BCUT2D eigenvalue weighted by molar-refractivity contribution is 0.286. The molecule has 0 saturated heterocycles. The quantitative estimate of drug-likeness (QED) is 0.399. The second-order valence-electron chi connectivity index (χ2n) is 1.58. The highest BCUT2D eigenvalue weighted by molar-refractivity contribution is 6.50. The zero-order valence-corrected chi connectivity index (χ0v) is 5.51. The van der Waals surface area contributed by atoms with Crippen molar-refractivity contribution in [2.45, 2.75) is 0 Å². The third kappa shape index (κ3) is 17.6. The summed E-state index contributed by atoms with van der Waals surface area (Å²) in [6, 6.07) is 0. The van der Waals surface area contributed by atoms with Crippen LogP contribution in [0.25, 0.3) is 0 Å². The average molecular weight is 169 g/mol. The second-order valence-corrected chi connectivity index (χ2v) is 1.58. The molecule has 64 valence electrons. The molecule has 1 aliphatic rings. The highest BCUT2D eigenvalue weighted by atomic mass is 19.5. The Kier molecular flexibility index (Phi) is 4.41. The van der Waals surface area contributed by atoms with E-state index < -0.39 is 7.25 Å². The molecule has 0 amide bonds. The first kappa shape index (κ1) is 10.1. The minimum absolute atomic E-state index is 0.733. The summed E-state index contributed by atoms with van der Waals surface area (Å²) in [5.74, 6) is 0. The van der Waals surface area contributed by atoms with E-state index in [0.29, 0.717) is 0 Å². The number of allylic oxidation sites excluding steroid dienone is 2. The van der Waals surface area contributed by atoms with Crippen molar-refractivity contribution in [2.75, 3.05) is 6.61 Å². The standard InChI is InChI=1S/C5H6O.BF4/c1-2-4-6-5-3-1;2-1(3,4)5/h1-4H,5H2;/q;-1. The van der Waals surface area contributed by atoms with Crippen LogP contribution in [0.2, 0.25) is 0 Å². The molecular weight excluding hydrogens is 163 g/mol. The smallest absolute Gasteiger partial charge is 0.497 e. The average Bonchev–Trinajstić information content (AvgIpc) is 1.88. The van der Waals surface area contributed by atoms with Crippen molar-refractivity contribution in [1.29, 1.82) is 0 Å². The Morgan fingerprint density at radius 3 is 1.73 bits per heavy atom. The molecule has 0 aliphatic carbocycles. The van der Waals surface area contributed by atoms with Crippen LogP contribution in [0.1, 0.15) is 0 Å². The Bertz CT molecular complexity index is 133. The third-order valence-corrected chi connectivity index (χ3v) is 0.614. The van der Waals surface area contributed by atoms with E-state index in [4.69, 9.17) is 4.74 Å². The first-order valence-electron chi connectivity index (χ1n) is 2.81. The van der Waals surface area contributed by atoms with Crippen LogP contribution in [0.3, 0.4) is 0 Å². The van der Waals surface area contributed by atoms with Gasteiger partial charge in [0.1, 0.15) is 6.61 Å². The molecule has 1 aliphatic heterocycles. The molecule has 0 atom stereocenters. The lowest BCUT2D eigenvalue weighted by Gasteiger charge is -1.94. The van der Waals surface area contributed by atoms with Gasteiger partial charge in [-0.15, -0.1) is 0 Å². The van der Waals surface area contributed by atoms with Gasteiger partial charge in [0.05, 0.1) is 6.26 Å². The maximum absolute atomic E-state index is 9.75. The van der Waals surface area contributed by atoms with E-state index in [1.165, 1.54) is 0 Å². The van der Waals surface area contributed by atoms with Crippen LogP contribution in [0.5, 0.6) is 0 Å². The predicted molar refractivity (Wildman–Crippen MR) is 34.4 cm³/mol. The Balaban J connectivity index is 0.000000187. The Morgan fingerprint density at radius 2 is 1.64 bits per heavy atom. The molecule has 0 aromatic carbocycles. The van der Waals surface area contributed by atoms with E-state index in [0.717, 1.165) is 6.61 Å². The van der Waals surface area contributed by atoms with Gasteiger partial charge >= 0.3 is 7.25 Å². The third-order valence-electron chi connectivity index (χ3n) is 0.614. The zero-order valence-electron chi connectivity index (χ0n) is 5.51. The van der Waals surface area contributed by atoms with Gasteiger partial charge in [0.15, 0.2) is 0 Å². The van der Waals surface area contributed by atoms with Crippen molar-refractivity contribution in [3.05, 3.63) is 24.5 Å². The maximum Gasteiger partial charge on any atom is 0.673 e. The van der Waals surface area contributed by atoms with Crippen LogP contribution in [0.15, 0.2) is 24.5 Å². The molecule has 6 heteroatoms. The Morgan fingerprint density at radius 1 is 1.09 bits per heavy atom. The van der Waals surface area contributed by atoms with Crippen LogP contribution in [0, 0.1) is 0 Å². The van der Waals surface area contributed by atoms with Gasteiger partial charge in [0, 0.05) is 0 Å². The normalized spacial score (nSPS) is 14.9. The number of halogens is 4. The summed E-state index contributed by atoms with van der Waals surface area (Å²) >= 11 is 0. The van der Waals surface area contributed by atoms with Gasteiger partial charge < -0.3 is 22.0 Å². The SMILES string of the molecule is C1=CCOC=C1.F[B-](F)(F)F. The van der Waals surface area contributed by atoms with Gasteiger partial charge in [-0.3, -0.25) is 0 Å². The fraction of sp³-hybridized carbons (Fsp3) is 0.200. The monoisotopic (exact) mass is 169 g/mol. The Hall–Kier alpha value is -0.935. The van der Waals surface area contributed by atoms with Crippen LogP contribution < -0.4 is 0 Å². The predicted octanol–water partition coefficient (Wildman–Crippen LogP) is 2.39. The summed E-state index contributed by atoms with van der Waals surface area (Å²) in [6.45, 7) is 0.733. The topological polar surface area (TPSA) is 9.23 Å². The highest BCUT2D eigenvalue weighted by Crippen LogP contribution is 2.06. The molecule has 1 rings (SSSR count). The molecular formula is C5H6BF4O-. The highest BCUT2D eigenvalue weighted by Gasteiger charge is 2.20. The van der Waals surface area contributed by atoms with Gasteiger partial charge in [-0.2, -0.15) is 0 Å². The maximum atomic E-state index is 9.75. The van der Waals surface area contributed by atoms with Crippen molar-refractivity contribution < 1.29 is 22.0 Å². The molecule has 0 fully saturated rings. The molecule has 0 aromatic rings. The van der Waals surface area contributed by atoms with Crippen molar-refractivity contribution >= 4 is 7.25 Å². The Labute approximate surface area is 61.5 Å². The molecule has 0 aromatic heterocycles. The number of hydrogen-bond donors (Lipinski definition) is 0. The fourth-order valence-electron chi connectivity index (χ4n) is 0.346. The summed E-state index contributed by atoms with van der Waals surface area (Å²) in [6.07, 6.45) is 7.47. The van der Waals surface area contributed by atoms with Crippen molar-refractivity contribution in [1.82, 2.24) is 0 Å². The van der Waals surface area contributed by atoms with Gasteiger partial charge in [-0.1, -0.05) is 6.08 Å². The fourth-order valence-corrected chi connectivity index (χ4v) is 0.346. The van der Waals surface area contributed by atoms with Crippen LogP contribution in [-0.4, -0.2) is 13.9 Å². The van der Waals surface area contributed by atoms with Crippen molar-refractivity contribution in [3.8, 4) is 0 Å². The van der Waals surface area contributed by atoms with E-state index in [1.807, 2.05) is 18.2 Å². The summed E-state index contributed by atoms with van der Waals surface area (Å²) in [4.78, 5) is 0. The lowest BCUT2D eigenvalue weighted by atomic mass is 10.3. The van der Waals surface area contributed by atoms with Crippen LogP contribution in [0.4, 0.5) is 17.3 Å². The number of ether oxygens (including phenoxy) is 1. The minimum atomic E-state index is -6.00. The van der Waals surface area contributed by atoms with Gasteiger partial charge in [-0.05, 0) is 12.2 Å². The first-order valence-corrected chi connectivity index (χ1v) is 2.81. The van der Waals surface area contributed by atoms with E-state index in [-0.39, 0.29) is 0 Å². The number of rotatable bonds is 0. The summed E-state index contributed by atoms with van der Waals surface area (Å²) in [5.41, 5.74) is 0. The van der Waals surface area contributed by atoms with Gasteiger partial charge in [0.25, 0.3) is 0 Å². The summed E-state index contributed by atoms with van der Waals surface area (Å²) in [5, 5.41) is 0. The van der Waals surface area contributed by atoms with Crippen molar-refractivity contribution in [3.63, 3.8) is 0 Å². The minimum Gasteiger partial charge on any atom is -0.497 e. The molecule has 0 bridgehead atoms. The molecule has 1 heterocycles. The van der Waals surface area contributed by atoms with E-state index in [2.05, 4.69) is 0 Å². The molecule has 0 radical (unpaired) electrons. The molecule has 0 unspecified atom stereocenters. The van der Waals surface area contributed by atoms with Gasteiger partial charge in [0.2, 0.25) is 0 Å². The van der Waals surface area contributed by atoms with E-state index in [9.17, 15) is 17.3 Å². The second kappa shape index (κ2) is 4.82. The first-order chi connectivity index (χ1) is 5.00. The molecule has 0 spiro atoms. The molecule has 11 heavy (non-hydrogen) atoms. The van der Waals surface area contributed by atoms with E-state index in [1.54, 1.807) is 6.26 Å². The largest absolute Gasteiger partial charge is 0.673 e. The van der Waals surface area contributed by atoms with Crippen LogP contribution >= 0.6 is 0 Å². The zero-order chi connectivity index (χ0) is 8.74.